The van der Waals surface area contributed by atoms with Crippen LogP contribution in [0.1, 0.15) is 17.4 Å². The molecule has 0 saturated heterocycles. The van der Waals surface area contributed by atoms with Gasteiger partial charge in [-0.25, -0.2) is 0 Å². The Balaban J connectivity index is 2.34. The minimum atomic E-state index is -0.262. The van der Waals surface area contributed by atoms with Gasteiger partial charge in [0.05, 0.1) is 5.02 Å². The zero-order valence-electron chi connectivity index (χ0n) is 10.2. The Morgan fingerprint density at radius 1 is 1.37 bits per heavy atom. The van der Waals surface area contributed by atoms with E-state index in [-0.39, 0.29) is 16.8 Å². The Labute approximate surface area is 120 Å². The molecule has 0 bridgehead atoms. The Bertz CT molecular complexity index is 591. The number of hydrogen-bond acceptors (Lipinski definition) is 2. The first-order chi connectivity index (χ1) is 9.02. The van der Waals surface area contributed by atoms with Crippen molar-refractivity contribution in [1.29, 1.82) is 0 Å². The molecule has 2 aromatic rings. The van der Waals surface area contributed by atoms with Gasteiger partial charge in [0, 0.05) is 18.3 Å². The van der Waals surface area contributed by atoms with E-state index < -0.39 is 0 Å². The minimum absolute atomic E-state index is 0.103. The van der Waals surface area contributed by atoms with Crippen LogP contribution in [0.25, 0.3) is 0 Å². The van der Waals surface area contributed by atoms with Gasteiger partial charge in [0.2, 0.25) is 0 Å². The van der Waals surface area contributed by atoms with E-state index in [4.69, 9.17) is 23.2 Å². The smallest absolute Gasteiger partial charge is 0.274 e. The van der Waals surface area contributed by atoms with Crippen molar-refractivity contribution in [3.05, 3.63) is 46.2 Å². The third kappa shape index (κ3) is 2.85. The molecular formula is C13H12Cl2N2O2. The van der Waals surface area contributed by atoms with E-state index in [0.717, 1.165) is 0 Å². The molecule has 1 aromatic carbocycles. The molecule has 6 heteroatoms. The molecule has 4 nitrogen and oxygen atoms in total. The molecule has 0 aliphatic rings. The van der Waals surface area contributed by atoms with Crippen LogP contribution in [0.4, 0.5) is 5.69 Å². The first-order valence-corrected chi connectivity index (χ1v) is 6.43. The lowest BCUT2D eigenvalue weighted by molar-refractivity contribution is 0.0984. The summed E-state index contributed by atoms with van der Waals surface area (Å²) in [4.78, 5) is 16.6. The number of nitrogens with zero attached hydrogens (tertiary/aromatic N) is 1. The fourth-order valence-corrected chi connectivity index (χ4v) is 2.08. The van der Waals surface area contributed by atoms with E-state index in [1.165, 1.54) is 17.0 Å². The second-order valence-electron chi connectivity index (χ2n) is 3.91. The number of carbonyl (C=O) groups is 1. The Morgan fingerprint density at radius 3 is 2.63 bits per heavy atom. The second-order valence-corrected chi connectivity index (χ2v) is 4.70. The molecule has 1 heterocycles. The van der Waals surface area contributed by atoms with E-state index in [1.807, 2.05) is 6.92 Å². The summed E-state index contributed by atoms with van der Waals surface area (Å²) in [5.41, 5.74) is 0.912. The first kappa shape index (κ1) is 13.8. The fraction of sp³-hybridized carbons (Fsp3) is 0.154. The normalized spacial score (nSPS) is 10.5. The molecule has 0 aliphatic carbocycles. The van der Waals surface area contributed by atoms with E-state index >= 15 is 0 Å². The third-order valence-corrected chi connectivity index (χ3v) is 3.35. The standard InChI is InChI=1S/C13H12Cl2N2O2/c1-2-17(8-4-3-5-9(18)6-8)13(19)11-7-10(14)12(15)16-11/h3-7,16,18H,2H2,1H3. The molecule has 1 amide bonds. The number of halogens is 2. The Morgan fingerprint density at radius 2 is 2.11 bits per heavy atom. The van der Waals surface area contributed by atoms with Crippen molar-refractivity contribution in [3.8, 4) is 5.75 Å². The summed E-state index contributed by atoms with van der Waals surface area (Å²) in [6.45, 7) is 2.30. The number of benzene rings is 1. The lowest BCUT2D eigenvalue weighted by Gasteiger charge is -2.20. The predicted octanol–water partition coefficient (Wildman–Crippen LogP) is 3.69. The predicted molar refractivity (Wildman–Crippen MR) is 76.3 cm³/mol. The molecule has 0 unspecified atom stereocenters. The molecule has 0 radical (unpaired) electrons. The number of aromatic hydroxyl groups is 1. The topological polar surface area (TPSA) is 56.3 Å². The molecule has 0 atom stereocenters. The number of phenolic OH excluding ortho intramolecular Hbond substituents is 1. The van der Waals surface area contributed by atoms with Gasteiger partial charge in [-0.15, -0.1) is 0 Å². The zero-order chi connectivity index (χ0) is 14.0. The number of nitrogens with one attached hydrogen (secondary N) is 1. The van der Waals surface area contributed by atoms with Crippen LogP contribution in [0.3, 0.4) is 0 Å². The number of hydrogen-bond donors (Lipinski definition) is 2. The van der Waals surface area contributed by atoms with Crippen LogP contribution in [0, 0.1) is 0 Å². The number of amides is 1. The van der Waals surface area contributed by atoms with Crippen molar-refractivity contribution in [3.63, 3.8) is 0 Å². The van der Waals surface area contributed by atoms with Crippen molar-refractivity contribution in [1.82, 2.24) is 4.98 Å². The summed E-state index contributed by atoms with van der Waals surface area (Å²) < 4.78 is 0. The van der Waals surface area contributed by atoms with Crippen LogP contribution >= 0.6 is 23.2 Å². The highest BCUT2D eigenvalue weighted by molar-refractivity contribution is 6.41. The van der Waals surface area contributed by atoms with Crippen molar-refractivity contribution in [2.24, 2.45) is 0 Å². The molecular weight excluding hydrogens is 287 g/mol. The third-order valence-electron chi connectivity index (χ3n) is 2.66. The van der Waals surface area contributed by atoms with Crippen molar-refractivity contribution in [2.75, 3.05) is 11.4 Å². The van der Waals surface area contributed by atoms with Crippen molar-refractivity contribution < 1.29 is 9.90 Å². The molecule has 1 aromatic heterocycles. The molecule has 0 fully saturated rings. The van der Waals surface area contributed by atoms with Gasteiger partial charge in [0.1, 0.15) is 16.6 Å². The minimum Gasteiger partial charge on any atom is -0.508 e. The highest BCUT2D eigenvalue weighted by atomic mass is 35.5. The Kier molecular flexibility index (Phi) is 4.02. The number of rotatable bonds is 3. The molecule has 2 N–H and O–H groups in total. The number of phenols is 1. The van der Waals surface area contributed by atoms with Gasteiger partial charge in [-0.3, -0.25) is 4.79 Å². The maximum atomic E-state index is 12.3. The van der Waals surface area contributed by atoms with Gasteiger partial charge in [-0.1, -0.05) is 29.3 Å². The lowest BCUT2D eigenvalue weighted by Crippen LogP contribution is -2.30. The average molecular weight is 299 g/mol. The fourth-order valence-electron chi connectivity index (χ4n) is 1.77. The summed E-state index contributed by atoms with van der Waals surface area (Å²) in [6, 6.07) is 7.97. The number of aromatic amines is 1. The van der Waals surface area contributed by atoms with E-state index in [0.29, 0.717) is 22.9 Å². The van der Waals surface area contributed by atoms with Gasteiger partial charge in [0.25, 0.3) is 5.91 Å². The van der Waals surface area contributed by atoms with Gasteiger partial charge < -0.3 is 15.0 Å². The average Bonchev–Trinajstić information content (AvgIpc) is 2.70. The molecule has 2 rings (SSSR count). The maximum absolute atomic E-state index is 12.3. The quantitative estimate of drug-likeness (QED) is 0.908. The van der Waals surface area contributed by atoms with Crippen LogP contribution in [-0.4, -0.2) is 22.5 Å². The number of H-pyrrole nitrogens is 1. The number of anilines is 1. The molecule has 0 aliphatic heterocycles. The van der Waals surface area contributed by atoms with Gasteiger partial charge >= 0.3 is 0 Å². The SMILES string of the molecule is CCN(C(=O)c1cc(Cl)c(Cl)[nH]1)c1cccc(O)c1. The summed E-state index contributed by atoms with van der Waals surface area (Å²) in [5, 5.41) is 10.0. The van der Waals surface area contributed by atoms with Crippen LogP contribution in [-0.2, 0) is 0 Å². The number of aromatic nitrogens is 1. The summed E-state index contributed by atoms with van der Waals surface area (Å²) in [7, 11) is 0. The molecule has 19 heavy (non-hydrogen) atoms. The van der Waals surface area contributed by atoms with Crippen LogP contribution < -0.4 is 4.90 Å². The van der Waals surface area contributed by atoms with E-state index in [1.54, 1.807) is 18.2 Å². The van der Waals surface area contributed by atoms with Crippen molar-refractivity contribution >= 4 is 34.8 Å². The molecule has 0 spiro atoms. The largest absolute Gasteiger partial charge is 0.508 e. The highest BCUT2D eigenvalue weighted by Gasteiger charge is 2.19. The monoisotopic (exact) mass is 298 g/mol. The van der Waals surface area contributed by atoms with E-state index in [2.05, 4.69) is 4.98 Å². The number of carbonyl (C=O) groups excluding carboxylic acids is 1. The summed E-state index contributed by atoms with van der Waals surface area (Å²) >= 11 is 11.6. The summed E-state index contributed by atoms with van der Waals surface area (Å²) in [5.74, 6) is -0.159. The maximum Gasteiger partial charge on any atom is 0.274 e. The molecule has 100 valence electrons. The van der Waals surface area contributed by atoms with Gasteiger partial charge in [-0.2, -0.15) is 0 Å². The van der Waals surface area contributed by atoms with E-state index in [9.17, 15) is 9.90 Å². The molecule has 0 saturated carbocycles. The van der Waals surface area contributed by atoms with Crippen LogP contribution in [0.5, 0.6) is 5.75 Å². The zero-order valence-corrected chi connectivity index (χ0v) is 11.7. The van der Waals surface area contributed by atoms with Gasteiger partial charge in [-0.05, 0) is 25.1 Å². The Hall–Kier alpha value is -1.65. The lowest BCUT2D eigenvalue weighted by atomic mass is 10.2. The van der Waals surface area contributed by atoms with Crippen LogP contribution in [0.2, 0.25) is 10.2 Å². The summed E-state index contributed by atoms with van der Waals surface area (Å²) in [6.07, 6.45) is 0. The highest BCUT2D eigenvalue weighted by Crippen LogP contribution is 2.25. The first-order valence-electron chi connectivity index (χ1n) is 5.67. The van der Waals surface area contributed by atoms with Crippen molar-refractivity contribution in [2.45, 2.75) is 6.92 Å². The van der Waals surface area contributed by atoms with Gasteiger partial charge in [0.15, 0.2) is 0 Å². The van der Waals surface area contributed by atoms with Crippen LogP contribution in [0.15, 0.2) is 30.3 Å². The second kappa shape index (κ2) is 5.55.